The minimum Gasteiger partial charge on any atom is -0.376 e. The van der Waals surface area contributed by atoms with Gasteiger partial charge < -0.3 is 20.3 Å². The zero-order valence-electron chi connectivity index (χ0n) is 13.8. The van der Waals surface area contributed by atoms with Crippen LogP contribution in [0.2, 0.25) is 0 Å². The maximum absolute atomic E-state index is 5.63. The Morgan fingerprint density at radius 3 is 2.91 bits per heavy atom. The summed E-state index contributed by atoms with van der Waals surface area (Å²) >= 11 is 0. The van der Waals surface area contributed by atoms with Crippen LogP contribution in [0.25, 0.3) is 0 Å². The molecule has 1 fully saturated rings. The Morgan fingerprint density at radius 2 is 2.17 bits per heavy atom. The van der Waals surface area contributed by atoms with Gasteiger partial charge in [-0.3, -0.25) is 4.99 Å². The Balaban J connectivity index is 1.49. The lowest BCUT2D eigenvalue weighted by Crippen LogP contribution is -2.40. The molecule has 3 rings (SSSR count). The summed E-state index contributed by atoms with van der Waals surface area (Å²) in [7, 11) is 1.80. The van der Waals surface area contributed by atoms with E-state index in [1.807, 2.05) is 0 Å². The number of benzene rings is 1. The van der Waals surface area contributed by atoms with E-state index in [1.54, 1.807) is 7.05 Å². The molecule has 1 unspecified atom stereocenters. The topological polar surface area (TPSA) is 48.9 Å². The fraction of sp³-hybridized carbons (Fsp3) is 0.500. The number of ether oxygens (including phenoxy) is 1. The molecule has 124 valence electrons. The molecule has 0 bridgehead atoms. The second-order valence-electron chi connectivity index (χ2n) is 5.99. The van der Waals surface area contributed by atoms with Crippen molar-refractivity contribution in [3.8, 4) is 0 Å². The van der Waals surface area contributed by atoms with Gasteiger partial charge in [0.2, 0.25) is 0 Å². The van der Waals surface area contributed by atoms with Gasteiger partial charge in [0, 0.05) is 45.5 Å². The Labute approximate surface area is 138 Å². The van der Waals surface area contributed by atoms with Crippen LogP contribution < -0.4 is 15.5 Å². The molecule has 23 heavy (non-hydrogen) atoms. The summed E-state index contributed by atoms with van der Waals surface area (Å²) < 4.78 is 5.63. The lowest BCUT2D eigenvalue weighted by molar-refractivity contribution is 0.114. The summed E-state index contributed by atoms with van der Waals surface area (Å²) in [5.41, 5.74) is 2.53. The van der Waals surface area contributed by atoms with E-state index in [-0.39, 0.29) is 0 Å². The van der Waals surface area contributed by atoms with Gasteiger partial charge in [0.25, 0.3) is 0 Å². The van der Waals surface area contributed by atoms with Gasteiger partial charge >= 0.3 is 0 Å². The van der Waals surface area contributed by atoms with Gasteiger partial charge in [-0.2, -0.15) is 0 Å². The predicted molar refractivity (Wildman–Crippen MR) is 95.0 cm³/mol. The summed E-state index contributed by atoms with van der Waals surface area (Å²) in [4.78, 5) is 6.64. The van der Waals surface area contributed by atoms with Crippen LogP contribution in [0.3, 0.4) is 0 Å². The van der Waals surface area contributed by atoms with Crippen LogP contribution in [0, 0.1) is 0 Å². The summed E-state index contributed by atoms with van der Waals surface area (Å²) in [5, 5.41) is 6.72. The molecule has 2 aliphatic rings. The average molecular weight is 314 g/mol. The molecule has 0 aliphatic carbocycles. The van der Waals surface area contributed by atoms with Crippen molar-refractivity contribution in [3.05, 3.63) is 42.0 Å². The number of rotatable bonds is 5. The number of nitrogens with zero attached hydrogens (tertiary/aromatic N) is 2. The van der Waals surface area contributed by atoms with Gasteiger partial charge in [0.15, 0.2) is 5.96 Å². The number of anilines is 1. The van der Waals surface area contributed by atoms with Gasteiger partial charge in [-0.1, -0.05) is 24.3 Å². The van der Waals surface area contributed by atoms with Crippen LogP contribution in [-0.4, -0.2) is 45.4 Å². The van der Waals surface area contributed by atoms with Crippen LogP contribution in [0.4, 0.5) is 5.69 Å². The smallest absolute Gasteiger partial charge is 0.191 e. The first kappa shape index (κ1) is 15.9. The number of guanidine groups is 1. The standard InChI is InChI=1S/C18H26N4O/c1-19-18(21-14-17-8-5-11-23-17)20-13-15-6-4-7-16(12-15)22-9-2-3-10-22/h2-4,6-7,12,17H,5,8-11,13-14H2,1H3,(H2,19,20,21). The van der Waals surface area contributed by atoms with Crippen molar-refractivity contribution in [1.29, 1.82) is 0 Å². The highest BCUT2D eigenvalue weighted by Crippen LogP contribution is 2.18. The molecule has 2 aliphatic heterocycles. The van der Waals surface area contributed by atoms with E-state index in [4.69, 9.17) is 4.74 Å². The number of aliphatic imine (C=N–C) groups is 1. The maximum atomic E-state index is 5.63. The number of nitrogens with one attached hydrogen (secondary N) is 2. The number of hydrogen-bond acceptors (Lipinski definition) is 3. The van der Waals surface area contributed by atoms with Crippen LogP contribution in [0.15, 0.2) is 41.4 Å². The van der Waals surface area contributed by atoms with E-state index in [2.05, 4.69) is 56.9 Å². The van der Waals surface area contributed by atoms with E-state index in [0.717, 1.165) is 51.6 Å². The van der Waals surface area contributed by atoms with E-state index < -0.39 is 0 Å². The Morgan fingerprint density at radius 1 is 1.30 bits per heavy atom. The maximum Gasteiger partial charge on any atom is 0.191 e. The molecule has 2 N–H and O–H groups in total. The van der Waals surface area contributed by atoms with Crippen LogP contribution in [0.5, 0.6) is 0 Å². The molecule has 0 radical (unpaired) electrons. The highest BCUT2D eigenvalue weighted by atomic mass is 16.5. The third-order valence-corrected chi connectivity index (χ3v) is 4.30. The second kappa shape index (κ2) is 8.02. The van der Waals surface area contributed by atoms with Crippen molar-refractivity contribution in [1.82, 2.24) is 10.6 Å². The highest BCUT2D eigenvalue weighted by Gasteiger charge is 2.15. The van der Waals surface area contributed by atoms with Crippen LogP contribution in [0.1, 0.15) is 18.4 Å². The monoisotopic (exact) mass is 314 g/mol. The first-order chi connectivity index (χ1) is 11.3. The molecule has 5 heteroatoms. The molecule has 0 spiro atoms. The zero-order chi connectivity index (χ0) is 15.9. The molecule has 0 aromatic heterocycles. The largest absolute Gasteiger partial charge is 0.376 e. The van der Waals surface area contributed by atoms with Gasteiger partial charge in [-0.25, -0.2) is 0 Å². The molecule has 1 aromatic rings. The lowest BCUT2D eigenvalue weighted by atomic mass is 10.2. The summed E-state index contributed by atoms with van der Waals surface area (Å²) in [5.74, 6) is 0.828. The first-order valence-corrected chi connectivity index (χ1v) is 8.40. The third kappa shape index (κ3) is 4.48. The summed E-state index contributed by atoms with van der Waals surface area (Å²) in [6, 6.07) is 8.68. The molecule has 5 nitrogen and oxygen atoms in total. The van der Waals surface area contributed by atoms with Crippen molar-refractivity contribution in [3.63, 3.8) is 0 Å². The Kier molecular flexibility index (Phi) is 5.53. The normalized spacial score (nSPS) is 21.0. The molecular weight excluding hydrogens is 288 g/mol. The van der Waals surface area contributed by atoms with Crippen molar-refractivity contribution in [2.45, 2.75) is 25.5 Å². The Bertz CT molecular complexity index is 556. The van der Waals surface area contributed by atoms with Gasteiger partial charge in [0.05, 0.1) is 6.10 Å². The minimum atomic E-state index is 0.319. The minimum absolute atomic E-state index is 0.319. The molecule has 2 heterocycles. The molecule has 0 amide bonds. The van der Waals surface area contributed by atoms with E-state index in [0.29, 0.717) is 6.10 Å². The molecule has 0 saturated carbocycles. The second-order valence-corrected chi connectivity index (χ2v) is 5.99. The fourth-order valence-corrected chi connectivity index (χ4v) is 2.97. The molecular formula is C18H26N4O. The van der Waals surface area contributed by atoms with Crippen molar-refractivity contribution < 1.29 is 4.74 Å². The van der Waals surface area contributed by atoms with Gasteiger partial charge in [-0.15, -0.1) is 0 Å². The van der Waals surface area contributed by atoms with Gasteiger partial charge in [0.1, 0.15) is 0 Å². The fourth-order valence-electron chi connectivity index (χ4n) is 2.97. The van der Waals surface area contributed by atoms with E-state index in [9.17, 15) is 0 Å². The average Bonchev–Trinajstić information content (AvgIpc) is 3.29. The Hall–Kier alpha value is -2.01. The van der Waals surface area contributed by atoms with Gasteiger partial charge in [-0.05, 0) is 30.5 Å². The van der Waals surface area contributed by atoms with Crippen molar-refractivity contribution in [2.75, 3.05) is 38.2 Å². The highest BCUT2D eigenvalue weighted by molar-refractivity contribution is 5.79. The third-order valence-electron chi connectivity index (χ3n) is 4.30. The quantitative estimate of drug-likeness (QED) is 0.495. The van der Waals surface area contributed by atoms with Crippen LogP contribution in [-0.2, 0) is 11.3 Å². The van der Waals surface area contributed by atoms with Crippen molar-refractivity contribution in [2.24, 2.45) is 4.99 Å². The first-order valence-electron chi connectivity index (χ1n) is 8.40. The molecule has 1 atom stereocenters. The summed E-state index contributed by atoms with van der Waals surface area (Å²) in [6.45, 7) is 4.47. The SMILES string of the molecule is CN=C(NCc1cccc(N2CC=CC2)c1)NCC1CCCO1. The number of hydrogen-bond donors (Lipinski definition) is 2. The summed E-state index contributed by atoms with van der Waals surface area (Å²) in [6.07, 6.45) is 7.04. The van der Waals surface area contributed by atoms with E-state index >= 15 is 0 Å². The predicted octanol–water partition coefficient (Wildman–Crippen LogP) is 1.91. The molecule has 1 saturated heterocycles. The van der Waals surface area contributed by atoms with Crippen molar-refractivity contribution >= 4 is 11.6 Å². The van der Waals surface area contributed by atoms with Crippen LogP contribution >= 0.6 is 0 Å². The zero-order valence-corrected chi connectivity index (χ0v) is 13.8. The lowest BCUT2D eigenvalue weighted by Gasteiger charge is -2.19. The van der Waals surface area contributed by atoms with E-state index in [1.165, 1.54) is 11.3 Å². The molecule has 1 aromatic carbocycles.